The van der Waals surface area contributed by atoms with Gasteiger partial charge in [0, 0.05) is 31.6 Å². The van der Waals surface area contributed by atoms with Gasteiger partial charge in [0.05, 0.1) is 5.71 Å². The highest BCUT2D eigenvalue weighted by Crippen LogP contribution is 2.32. The largest absolute Gasteiger partial charge is 0.382 e. The molecule has 1 spiro atoms. The molecule has 0 N–H and O–H groups in total. The first-order valence-electron chi connectivity index (χ1n) is 8.82. The van der Waals surface area contributed by atoms with Crippen molar-refractivity contribution in [1.82, 2.24) is 14.7 Å². The summed E-state index contributed by atoms with van der Waals surface area (Å²) in [6.07, 6.45) is 2.50. The summed E-state index contributed by atoms with van der Waals surface area (Å²) in [5.74, 6) is 0.469. The van der Waals surface area contributed by atoms with Gasteiger partial charge in [-0.05, 0) is 45.9 Å². The summed E-state index contributed by atoms with van der Waals surface area (Å²) in [5.41, 5.74) is 1.15. The summed E-state index contributed by atoms with van der Waals surface area (Å²) < 4.78 is 0. The lowest BCUT2D eigenvalue weighted by Gasteiger charge is -2.52. The molecule has 0 aliphatic carbocycles. The van der Waals surface area contributed by atoms with Crippen LogP contribution in [-0.4, -0.2) is 84.8 Å². The topological polar surface area (TPSA) is 48.4 Å². The van der Waals surface area contributed by atoms with Gasteiger partial charge in [-0.2, -0.15) is 0 Å². The third kappa shape index (κ3) is 3.24. The highest BCUT2D eigenvalue weighted by molar-refractivity contribution is 5.93. The Morgan fingerprint density at radius 2 is 1.91 bits per heavy atom. The van der Waals surface area contributed by atoms with Crippen molar-refractivity contribution in [2.75, 3.05) is 46.8 Å². The standard InChI is InChI=1S/C17H30N4O2/c1-13(2)14-11-15(23-18-14)16(22)21-10-9-20(4)17(12-21)5-7-19(3)8-6-17/h13,15H,5-12H2,1-4H3/t15-/m0/s1. The van der Waals surface area contributed by atoms with Crippen LogP contribution < -0.4 is 0 Å². The van der Waals surface area contributed by atoms with Crippen LogP contribution >= 0.6 is 0 Å². The minimum atomic E-state index is -0.404. The van der Waals surface area contributed by atoms with Crippen LogP contribution in [0, 0.1) is 5.92 Å². The Kier molecular flexibility index (Phi) is 4.65. The lowest BCUT2D eigenvalue weighted by Crippen LogP contribution is -2.65. The maximum absolute atomic E-state index is 12.9. The van der Waals surface area contributed by atoms with Crippen LogP contribution in [0.4, 0.5) is 0 Å². The number of hydrogen-bond donors (Lipinski definition) is 0. The van der Waals surface area contributed by atoms with Crippen molar-refractivity contribution >= 4 is 11.6 Å². The molecule has 1 atom stereocenters. The molecule has 3 aliphatic heterocycles. The number of amides is 1. The third-order valence-electron chi connectivity index (χ3n) is 5.86. The summed E-state index contributed by atoms with van der Waals surface area (Å²) in [6, 6.07) is 0. The van der Waals surface area contributed by atoms with Gasteiger partial charge in [-0.25, -0.2) is 0 Å². The number of oxime groups is 1. The first-order valence-corrected chi connectivity index (χ1v) is 8.82. The van der Waals surface area contributed by atoms with Gasteiger partial charge < -0.3 is 14.6 Å². The Morgan fingerprint density at radius 3 is 2.52 bits per heavy atom. The zero-order valence-electron chi connectivity index (χ0n) is 14.9. The van der Waals surface area contributed by atoms with Crippen molar-refractivity contribution in [3.63, 3.8) is 0 Å². The van der Waals surface area contributed by atoms with Crippen LogP contribution in [0.5, 0.6) is 0 Å². The predicted octanol–water partition coefficient (Wildman–Crippen LogP) is 1.03. The highest BCUT2D eigenvalue weighted by Gasteiger charge is 2.44. The van der Waals surface area contributed by atoms with E-state index in [1.54, 1.807) is 0 Å². The van der Waals surface area contributed by atoms with Crippen LogP contribution in [0.15, 0.2) is 5.16 Å². The first kappa shape index (κ1) is 16.7. The molecule has 6 nitrogen and oxygen atoms in total. The lowest BCUT2D eigenvalue weighted by molar-refractivity contribution is -0.148. The number of carbonyl (C=O) groups excluding carboxylic acids is 1. The second-order valence-electron chi connectivity index (χ2n) is 7.74. The van der Waals surface area contributed by atoms with E-state index in [4.69, 9.17) is 4.84 Å². The summed E-state index contributed by atoms with van der Waals surface area (Å²) in [7, 11) is 4.38. The molecule has 3 rings (SSSR count). The molecule has 0 bridgehead atoms. The van der Waals surface area contributed by atoms with Gasteiger partial charge in [0.15, 0.2) is 0 Å². The molecule has 23 heavy (non-hydrogen) atoms. The predicted molar refractivity (Wildman–Crippen MR) is 90.4 cm³/mol. The van der Waals surface area contributed by atoms with Crippen molar-refractivity contribution in [1.29, 1.82) is 0 Å². The van der Waals surface area contributed by atoms with Crippen molar-refractivity contribution in [3.8, 4) is 0 Å². The van der Waals surface area contributed by atoms with Gasteiger partial charge in [0.25, 0.3) is 5.91 Å². The molecule has 0 saturated carbocycles. The molecule has 6 heteroatoms. The van der Waals surface area contributed by atoms with Gasteiger partial charge in [-0.3, -0.25) is 9.69 Å². The van der Waals surface area contributed by atoms with Gasteiger partial charge in [0.2, 0.25) is 6.10 Å². The minimum absolute atomic E-state index is 0.121. The SMILES string of the molecule is CC(C)C1=NO[C@H](C(=O)N2CCN(C)C3(CCN(C)CC3)C2)C1. The lowest BCUT2D eigenvalue weighted by atomic mass is 9.83. The number of rotatable bonds is 2. The van der Waals surface area contributed by atoms with Gasteiger partial charge in [-0.15, -0.1) is 0 Å². The molecular formula is C17H30N4O2. The summed E-state index contributed by atoms with van der Waals surface area (Å²) in [5, 5.41) is 4.11. The molecule has 0 radical (unpaired) electrons. The van der Waals surface area contributed by atoms with Crippen LogP contribution in [0.2, 0.25) is 0 Å². The van der Waals surface area contributed by atoms with E-state index in [1.165, 1.54) is 0 Å². The fourth-order valence-corrected chi connectivity index (χ4v) is 3.90. The number of piperazine rings is 1. The van der Waals surface area contributed by atoms with Gasteiger partial charge in [-0.1, -0.05) is 19.0 Å². The molecule has 0 aromatic heterocycles. The number of piperidine rings is 1. The van der Waals surface area contributed by atoms with Crippen LogP contribution in [0.25, 0.3) is 0 Å². The maximum Gasteiger partial charge on any atom is 0.267 e. The van der Waals surface area contributed by atoms with Crippen LogP contribution in [-0.2, 0) is 9.63 Å². The number of likely N-dealkylation sites (tertiary alicyclic amines) is 1. The number of nitrogens with zero attached hydrogens (tertiary/aromatic N) is 4. The number of carbonyl (C=O) groups is 1. The highest BCUT2D eigenvalue weighted by atomic mass is 16.6. The van der Waals surface area contributed by atoms with Crippen molar-refractivity contribution in [2.24, 2.45) is 11.1 Å². The monoisotopic (exact) mass is 322 g/mol. The minimum Gasteiger partial charge on any atom is -0.382 e. The molecule has 2 fully saturated rings. The number of likely N-dealkylation sites (N-methyl/N-ethyl adjacent to an activating group) is 1. The molecule has 0 aromatic carbocycles. The van der Waals surface area contributed by atoms with E-state index in [2.05, 4.69) is 42.9 Å². The second-order valence-corrected chi connectivity index (χ2v) is 7.74. The molecule has 0 aromatic rings. The van der Waals surface area contributed by atoms with Crippen molar-refractivity contribution < 1.29 is 9.63 Å². The smallest absolute Gasteiger partial charge is 0.267 e. The van der Waals surface area contributed by atoms with E-state index in [0.29, 0.717) is 12.3 Å². The molecule has 3 heterocycles. The maximum atomic E-state index is 12.9. The molecule has 2 saturated heterocycles. The molecule has 1 amide bonds. The zero-order valence-corrected chi connectivity index (χ0v) is 14.9. The Labute approximate surface area is 139 Å². The quantitative estimate of drug-likeness (QED) is 0.762. The van der Waals surface area contributed by atoms with Gasteiger partial charge in [0.1, 0.15) is 0 Å². The average Bonchev–Trinajstić information content (AvgIpc) is 3.02. The van der Waals surface area contributed by atoms with E-state index in [-0.39, 0.29) is 11.4 Å². The zero-order chi connectivity index (χ0) is 16.6. The van der Waals surface area contributed by atoms with Gasteiger partial charge >= 0.3 is 0 Å². The second kappa shape index (κ2) is 6.40. The van der Waals surface area contributed by atoms with E-state index in [9.17, 15) is 4.79 Å². The van der Waals surface area contributed by atoms with Crippen LogP contribution in [0.1, 0.15) is 33.1 Å². The Hall–Kier alpha value is -1.14. The molecule has 130 valence electrons. The fraction of sp³-hybridized carbons (Fsp3) is 0.882. The summed E-state index contributed by atoms with van der Waals surface area (Å²) in [6.45, 7) is 8.97. The summed E-state index contributed by atoms with van der Waals surface area (Å²) in [4.78, 5) is 25.2. The van der Waals surface area contributed by atoms with Crippen LogP contribution in [0.3, 0.4) is 0 Å². The average molecular weight is 322 g/mol. The van der Waals surface area contributed by atoms with E-state index < -0.39 is 6.10 Å². The van der Waals surface area contributed by atoms with Crippen molar-refractivity contribution in [3.05, 3.63) is 0 Å². The Balaban J connectivity index is 1.64. The normalized spacial score (nSPS) is 29.0. The van der Waals surface area contributed by atoms with E-state index >= 15 is 0 Å². The molecule has 0 unspecified atom stereocenters. The van der Waals surface area contributed by atoms with E-state index in [0.717, 1.165) is 51.3 Å². The fourth-order valence-electron chi connectivity index (χ4n) is 3.90. The number of hydrogen-bond acceptors (Lipinski definition) is 5. The molecular weight excluding hydrogens is 292 g/mol. The molecule has 3 aliphatic rings. The third-order valence-corrected chi connectivity index (χ3v) is 5.86. The first-order chi connectivity index (χ1) is 10.9. The summed E-state index contributed by atoms with van der Waals surface area (Å²) >= 11 is 0. The van der Waals surface area contributed by atoms with Crippen molar-refractivity contribution in [2.45, 2.75) is 44.8 Å². The Bertz CT molecular complexity index is 483. The van der Waals surface area contributed by atoms with E-state index in [1.807, 2.05) is 4.90 Å². The Morgan fingerprint density at radius 1 is 1.22 bits per heavy atom.